The number of carbonyl (C=O) groups is 1. The predicted octanol–water partition coefficient (Wildman–Crippen LogP) is 3.21. The molecule has 16 heavy (non-hydrogen) atoms. The minimum Gasteiger partial charge on any atom is -0.296 e. The molecular weight excluding hydrogens is 232 g/mol. The molecule has 1 aromatic heterocycles. The molecule has 5 heteroatoms. The van der Waals surface area contributed by atoms with Crippen molar-refractivity contribution in [3.63, 3.8) is 0 Å². The molecule has 0 atom stereocenters. The zero-order valence-corrected chi connectivity index (χ0v) is 9.15. The summed E-state index contributed by atoms with van der Waals surface area (Å²) in [7, 11) is 0. The third kappa shape index (κ3) is 1.74. The summed E-state index contributed by atoms with van der Waals surface area (Å²) in [5.41, 5.74) is 0.0475. The lowest BCUT2D eigenvalue weighted by Gasteiger charge is -1.99. The van der Waals surface area contributed by atoms with Crippen LogP contribution < -0.4 is 0 Å². The fourth-order valence-corrected chi connectivity index (χ4v) is 2.26. The molecule has 0 aliphatic heterocycles. The van der Waals surface area contributed by atoms with E-state index in [-0.39, 0.29) is 16.3 Å². The molecule has 0 fully saturated rings. The van der Waals surface area contributed by atoms with E-state index in [9.17, 15) is 13.6 Å². The Balaban J connectivity index is 2.63. The maximum absolute atomic E-state index is 13.4. The lowest BCUT2D eigenvalue weighted by molar-refractivity contribution is 0.111. The van der Waals surface area contributed by atoms with Crippen molar-refractivity contribution in [2.45, 2.75) is 6.92 Å². The number of nitrogens with zero attached hydrogens (tertiary/aromatic N) is 1. The third-order valence-corrected chi connectivity index (χ3v) is 3.12. The first kappa shape index (κ1) is 10.9. The summed E-state index contributed by atoms with van der Waals surface area (Å²) in [6.07, 6.45) is 0.577. The van der Waals surface area contributed by atoms with Gasteiger partial charge in [0.05, 0.1) is 5.56 Å². The van der Waals surface area contributed by atoms with E-state index in [0.29, 0.717) is 11.2 Å². The minimum absolute atomic E-state index is 0.177. The van der Waals surface area contributed by atoms with Gasteiger partial charge >= 0.3 is 0 Å². The molecule has 2 aromatic rings. The summed E-state index contributed by atoms with van der Waals surface area (Å²) in [6.45, 7) is 1.68. The first-order valence-electron chi connectivity index (χ1n) is 4.50. The number of carbonyl (C=O) groups excluding carboxylic acids is 1. The van der Waals surface area contributed by atoms with Crippen LogP contribution in [-0.2, 0) is 0 Å². The number of halogens is 2. The molecule has 0 spiro atoms. The Morgan fingerprint density at radius 2 is 1.94 bits per heavy atom. The van der Waals surface area contributed by atoms with Crippen LogP contribution in [0, 0.1) is 18.6 Å². The first-order chi connectivity index (χ1) is 7.63. The van der Waals surface area contributed by atoms with Crippen molar-refractivity contribution in [3.05, 3.63) is 40.4 Å². The molecule has 0 N–H and O–H groups in total. The molecule has 0 saturated heterocycles. The van der Waals surface area contributed by atoms with Crippen LogP contribution in [0.4, 0.5) is 8.78 Å². The van der Waals surface area contributed by atoms with E-state index in [1.165, 1.54) is 6.07 Å². The van der Waals surface area contributed by atoms with Crippen molar-refractivity contribution in [2.24, 2.45) is 0 Å². The van der Waals surface area contributed by atoms with Gasteiger partial charge in [-0.05, 0) is 19.1 Å². The van der Waals surface area contributed by atoms with Gasteiger partial charge in [-0.25, -0.2) is 13.8 Å². The maximum Gasteiger partial charge on any atom is 0.169 e. The standard InChI is InChI=1S/C11H7F2NOS/c1-6-9(5-15)14-11(16-6)10-7(12)3-2-4-8(10)13/h2-5H,1H3. The van der Waals surface area contributed by atoms with E-state index in [4.69, 9.17) is 0 Å². The number of hydrogen-bond donors (Lipinski definition) is 0. The van der Waals surface area contributed by atoms with Crippen molar-refractivity contribution in [2.75, 3.05) is 0 Å². The van der Waals surface area contributed by atoms with Crippen molar-refractivity contribution in [3.8, 4) is 10.6 Å². The smallest absolute Gasteiger partial charge is 0.169 e. The molecule has 1 aromatic carbocycles. The van der Waals surface area contributed by atoms with E-state index in [2.05, 4.69) is 4.98 Å². The summed E-state index contributed by atoms with van der Waals surface area (Å²) < 4.78 is 26.8. The average Bonchev–Trinajstić information content (AvgIpc) is 2.59. The summed E-state index contributed by atoms with van der Waals surface area (Å²) in [5.74, 6) is -1.35. The molecule has 2 nitrogen and oxygen atoms in total. The van der Waals surface area contributed by atoms with E-state index in [1.54, 1.807) is 6.92 Å². The zero-order chi connectivity index (χ0) is 11.7. The number of aldehydes is 1. The van der Waals surface area contributed by atoms with E-state index < -0.39 is 11.6 Å². The lowest BCUT2D eigenvalue weighted by atomic mass is 10.2. The highest BCUT2D eigenvalue weighted by Gasteiger charge is 2.16. The van der Waals surface area contributed by atoms with Crippen molar-refractivity contribution in [1.82, 2.24) is 4.98 Å². The highest BCUT2D eigenvalue weighted by molar-refractivity contribution is 7.15. The second kappa shape index (κ2) is 4.09. The van der Waals surface area contributed by atoms with Gasteiger partial charge in [-0.15, -0.1) is 11.3 Å². The maximum atomic E-state index is 13.4. The highest BCUT2D eigenvalue weighted by Crippen LogP contribution is 2.30. The Hall–Kier alpha value is -1.62. The van der Waals surface area contributed by atoms with Gasteiger partial charge in [0, 0.05) is 4.88 Å². The van der Waals surface area contributed by atoms with E-state index >= 15 is 0 Å². The van der Waals surface area contributed by atoms with Crippen LogP contribution in [0.5, 0.6) is 0 Å². The largest absolute Gasteiger partial charge is 0.296 e. The number of benzene rings is 1. The molecule has 0 unspecified atom stereocenters. The molecule has 0 bridgehead atoms. The van der Waals surface area contributed by atoms with Gasteiger partial charge in [-0.1, -0.05) is 6.07 Å². The van der Waals surface area contributed by atoms with Crippen LogP contribution in [0.2, 0.25) is 0 Å². The van der Waals surface area contributed by atoms with E-state index in [1.807, 2.05) is 0 Å². The molecule has 0 aliphatic carbocycles. The first-order valence-corrected chi connectivity index (χ1v) is 5.32. The number of aromatic nitrogens is 1. The predicted molar refractivity (Wildman–Crippen MR) is 57.6 cm³/mol. The second-order valence-electron chi connectivity index (χ2n) is 3.17. The van der Waals surface area contributed by atoms with Crippen LogP contribution in [0.25, 0.3) is 10.6 Å². The lowest BCUT2D eigenvalue weighted by Crippen LogP contribution is -1.89. The SMILES string of the molecule is Cc1sc(-c2c(F)cccc2F)nc1C=O. The fourth-order valence-electron chi connectivity index (χ4n) is 1.33. The Morgan fingerprint density at radius 1 is 1.31 bits per heavy atom. The Kier molecular flexibility index (Phi) is 2.78. The van der Waals surface area contributed by atoms with Crippen LogP contribution in [0.15, 0.2) is 18.2 Å². The van der Waals surface area contributed by atoms with E-state index in [0.717, 1.165) is 23.5 Å². The molecule has 2 rings (SSSR count). The zero-order valence-electron chi connectivity index (χ0n) is 8.33. The number of aryl methyl sites for hydroxylation is 1. The van der Waals surface area contributed by atoms with Crippen molar-refractivity contribution < 1.29 is 13.6 Å². The number of thiazole rings is 1. The summed E-state index contributed by atoms with van der Waals surface area (Å²) >= 11 is 1.10. The summed E-state index contributed by atoms with van der Waals surface area (Å²) in [5, 5.41) is 0.190. The van der Waals surface area contributed by atoms with Crippen molar-refractivity contribution >= 4 is 17.6 Å². The Bertz CT molecular complexity index is 531. The molecule has 0 amide bonds. The number of rotatable bonds is 2. The number of hydrogen-bond acceptors (Lipinski definition) is 3. The fraction of sp³-hybridized carbons (Fsp3) is 0.0909. The summed E-state index contributed by atoms with van der Waals surface area (Å²) in [6, 6.07) is 3.61. The third-order valence-electron chi connectivity index (χ3n) is 2.12. The van der Waals surface area contributed by atoms with Crippen LogP contribution in [0.1, 0.15) is 15.4 Å². The van der Waals surface area contributed by atoms with Gasteiger partial charge < -0.3 is 0 Å². The van der Waals surface area contributed by atoms with Gasteiger partial charge in [0.25, 0.3) is 0 Å². The minimum atomic E-state index is -0.675. The van der Waals surface area contributed by atoms with Gasteiger partial charge in [-0.3, -0.25) is 4.79 Å². The topological polar surface area (TPSA) is 30.0 Å². The summed E-state index contributed by atoms with van der Waals surface area (Å²) in [4.78, 5) is 15.1. The van der Waals surface area contributed by atoms with Gasteiger partial charge in [0.1, 0.15) is 22.3 Å². The molecule has 1 heterocycles. The van der Waals surface area contributed by atoms with Crippen molar-refractivity contribution in [1.29, 1.82) is 0 Å². The quantitative estimate of drug-likeness (QED) is 0.753. The Morgan fingerprint density at radius 3 is 2.44 bits per heavy atom. The molecule has 0 aliphatic rings. The monoisotopic (exact) mass is 239 g/mol. The molecule has 0 radical (unpaired) electrons. The van der Waals surface area contributed by atoms with Gasteiger partial charge in [0.15, 0.2) is 6.29 Å². The Labute approximate surface area is 94.6 Å². The average molecular weight is 239 g/mol. The molecular formula is C11H7F2NOS. The van der Waals surface area contributed by atoms with Crippen LogP contribution in [0.3, 0.4) is 0 Å². The second-order valence-corrected chi connectivity index (χ2v) is 4.38. The normalized spacial score (nSPS) is 10.4. The van der Waals surface area contributed by atoms with Gasteiger partial charge in [-0.2, -0.15) is 0 Å². The van der Waals surface area contributed by atoms with Gasteiger partial charge in [0.2, 0.25) is 0 Å². The van der Waals surface area contributed by atoms with Crippen LogP contribution >= 0.6 is 11.3 Å². The highest BCUT2D eigenvalue weighted by atomic mass is 32.1. The van der Waals surface area contributed by atoms with Crippen LogP contribution in [-0.4, -0.2) is 11.3 Å². The molecule has 82 valence electrons. The molecule has 0 saturated carbocycles.